The van der Waals surface area contributed by atoms with E-state index in [1.165, 1.54) is 0 Å². The molecule has 0 spiro atoms. The van der Waals surface area contributed by atoms with Gasteiger partial charge in [0.25, 0.3) is 0 Å². The van der Waals surface area contributed by atoms with E-state index in [2.05, 4.69) is 6.58 Å². The van der Waals surface area contributed by atoms with Gasteiger partial charge in [0.1, 0.15) is 12.2 Å². The van der Waals surface area contributed by atoms with Crippen molar-refractivity contribution in [2.24, 2.45) is 0 Å². The lowest BCUT2D eigenvalue weighted by Crippen LogP contribution is -2.40. The van der Waals surface area contributed by atoms with Gasteiger partial charge in [0.15, 0.2) is 23.3 Å². The molecule has 29 heavy (non-hydrogen) atoms. The maximum atomic E-state index is 6.53. The van der Waals surface area contributed by atoms with Gasteiger partial charge < -0.3 is 23.7 Å². The fourth-order valence-corrected chi connectivity index (χ4v) is 4.62. The molecule has 0 aromatic heterocycles. The van der Waals surface area contributed by atoms with Gasteiger partial charge in [0, 0.05) is 0 Å². The predicted molar refractivity (Wildman–Crippen MR) is 107 cm³/mol. The van der Waals surface area contributed by atoms with E-state index in [9.17, 15) is 0 Å². The van der Waals surface area contributed by atoms with E-state index < -0.39 is 23.3 Å². The molecule has 0 bridgehead atoms. The molecule has 2 aromatic carbocycles. The summed E-state index contributed by atoms with van der Waals surface area (Å²) in [5, 5.41) is 0. The summed E-state index contributed by atoms with van der Waals surface area (Å²) < 4.78 is 31.3. The van der Waals surface area contributed by atoms with Crippen LogP contribution < -0.4 is 0 Å². The highest BCUT2D eigenvalue weighted by Crippen LogP contribution is 2.68. The molecule has 2 aromatic rings. The summed E-state index contributed by atoms with van der Waals surface area (Å²) in [6.07, 6.45) is 0.566. The zero-order valence-corrected chi connectivity index (χ0v) is 16.7. The Bertz CT molecular complexity index is 883. The van der Waals surface area contributed by atoms with Crippen molar-refractivity contribution in [1.29, 1.82) is 0 Å². The normalized spacial score (nSPS) is 36.4. The second-order valence-electron chi connectivity index (χ2n) is 8.28. The summed E-state index contributed by atoms with van der Waals surface area (Å²) in [6.45, 7) is 8.69. The van der Waals surface area contributed by atoms with Crippen molar-refractivity contribution >= 4 is 0 Å². The minimum absolute atomic E-state index is 0.324. The molecule has 2 aliphatic heterocycles. The van der Waals surface area contributed by atoms with Crippen molar-refractivity contribution in [3.63, 3.8) is 0 Å². The Morgan fingerprint density at radius 1 is 0.897 bits per heavy atom. The van der Waals surface area contributed by atoms with Crippen LogP contribution in [0, 0.1) is 0 Å². The lowest BCUT2D eigenvalue weighted by molar-refractivity contribution is -0.214. The summed E-state index contributed by atoms with van der Waals surface area (Å²) >= 11 is 0. The van der Waals surface area contributed by atoms with E-state index in [1.54, 1.807) is 6.08 Å². The molecule has 2 heterocycles. The van der Waals surface area contributed by atoms with Gasteiger partial charge in [-0.1, -0.05) is 66.7 Å². The summed E-state index contributed by atoms with van der Waals surface area (Å²) in [5.74, 6) is -0.738. The number of fused-ring (bicyclic) bond motifs is 3. The van der Waals surface area contributed by atoms with E-state index in [0.717, 1.165) is 11.1 Å². The Morgan fingerprint density at radius 3 is 2.14 bits per heavy atom. The zero-order chi connectivity index (χ0) is 20.1. The monoisotopic (exact) mass is 394 g/mol. The second kappa shape index (κ2) is 6.76. The molecule has 1 unspecified atom stereocenters. The number of rotatable bonds is 7. The van der Waals surface area contributed by atoms with Crippen LogP contribution in [0.3, 0.4) is 0 Å². The summed E-state index contributed by atoms with van der Waals surface area (Å²) in [6, 6.07) is 20.1. The molecule has 152 valence electrons. The highest BCUT2D eigenvalue weighted by molar-refractivity contribution is 5.44. The van der Waals surface area contributed by atoms with Crippen molar-refractivity contribution in [3.8, 4) is 0 Å². The highest BCUT2D eigenvalue weighted by Gasteiger charge is 2.90. The van der Waals surface area contributed by atoms with Gasteiger partial charge in [-0.2, -0.15) is 0 Å². The third-order valence-corrected chi connectivity index (χ3v) is 5.98. The first-order valence-corrected chi connectivity index (χ1v) is 10.0. The van der Waals surface area contributed by atoms with Crippen molar-refractivity contribution in [1.82, 2.24) is 0 Å². The Hall–Kier alpha value is -2.02. The molecule has 0 amide bonds. The van der Waals surface area contributed by atoms with Gasteiger partial charge in [-0.15, -0.1) is 6.58 Å². The molecule has 1 saturated carbocycles. The summed E-state index contributed by atoms with van der Waals surface area (Å²) in [7, 11) is 0. The van der Waals surface area contributed by atoms with Gasteiger partial charge in [-0.05, 0) is 25.0 Å². The zero-order valence-electron chi connectivity index (χ0n) is 16.7. The van der Waals surface area contributed by atoms with Crippen LogP contribution in [0.5, 0.6) is 0 Å². The maximum absolute atomic E-state index is 6.53. The first kappa shape index (κ1) is 19.0. The Morgan fingerprint density at radius 2 is 1.52 bits per heavy atom. The minimum atomic E-state index is -0.794. The van der Waals surface area contributed by atoms with E-state index in [0.29, 0.717) is 13.2 Å². The quantitative estimate of drug-likeness (QED) is 0.665. The predicted octanol–water partition coefficient (Wildman–Crippen LogP) is 3.97. The highest BCUT2D eigenvalue weighted by atomic mass is 16.9. The minimum Gasteiger partial charge on any atom is -0.367 e. The summed E-state index contributed by atoms with van der Waals surface area (Å²) in [4.78, 5) is 0. The topological polar surface area (TPSA) is 46.2 Å². The Labute approximate surface area is 171 Å². The van der Waals surface area contributed by atoms with Crippen LogP contribution in [0.25, 0.3) is 0 Å². The third-order valence-electron chi connectivity index (χ3n) is 5.98. The van der Waals surface area contributed by atoms with Crippen molar-refractivity contribution in [3.05, 3.63) is 84.4 Å². The second-order valence-corrected chi connectivity index (χ2v) is 8.28. The van der Waals surface area contributed by atoms with E-state index in [1.807, 2.05) is 74.5 Å². The van der Waals surface area contributed by atoms with Gasteiger partial charge in [-0.25, -0.2) is 0 Å². The lowest BCUT2D eigenvalue weighted by atomic mass is 10.1. The number of ether oxygens (including phenoxy) is 5. The Kier molecular flexibility index (Phi) is 4.42. The average Bonchev–Trinajstić information content (AvgIpc) is 2.98. The molecule has 5 nitrogen and oxygen atoms in total. The van der Waals surface area contributed by atoms with Crippen LogP contribution in [0.2, 0.25) is 0 Å². The van der Waals surface area contributed by atoms with Crippen molar-refractivity contribution < 1.29 is 23.7 Å². The van der Waals surface area contributed by atoms with Gasteiger partial charge in [0.05, 0.1) is 13.2 Å². The first-order chi connectivity index (χ1) is 14.0. The fraction of sp³-hybridized carbons (Fsp3) is 0.417. The number of hydrogen-bond acceptors (Lipinski definition) is 5. The van der Waals surface area contributed by atoms with Crippen molar-refractivity contribution in [2.45, 2.75) is 62.5 Å². The average molecular weight is 394 g/mol. The smallest absolute Gasteiger partial charge is 0.191 e. The molecule has 3 aliphatic rings. The van der Waals surface area contributed by atoms with E-state index >= 15 is 0 Å². The molecular weight excluding hydrogens is 368 g/mol. The third kappa shape index (κ3) is 2.88. The van der Waals surface area contributed by atoms with Crippen LogP contribution in [-0.4, -0.2) is 35.5 Å². The van der Waals surface area contributed by atoms with E-state index in [4.69, 9.17) is 23.7 Å². The largest absolute Gasteiger partial charge is 0.367 e. The standard InChI is InChI=1S/C24H26O5/c1-4-23-21(25-15-17-11-7-5-8-12-17)24(23,26-16-18-13-9-6-10-14-18)19-20(29-23)28-22(2,3)27-19/h4-14,19-21H,1,15-16H2,2-3H3/t19-,20-,21?,23+,24+/m0/s1. The molecule has 0 N–H and O–H groups in total. The lowest BCUT2D eigenvalue weighted by Gasteiger charge is -2.24. The number of benzene rings is 2. The molecule has 5 rings (SSSR count). The summed E-state index contributed by atoms with van der Waals surface area (Å²) in [5.41, 5.74) is 0.589. The van der Waals surface area contributed by atoms with Gasteiger partial charge in [0.2, 0.25) is 0 Å². The van der Waals surface area contributed by atoms with E-state index in [-0.39, 0.29) is 12.2 Å². The molecular formula is C24H26O5. The first-order valence-electron chi connectivity index (χ1n) is 10.0. The van der Waals surface area contributed by atoms with Crippen LogP contribution in [0.4, 0.5) is 0 Å². The maximum Gasteiger partial charge on any atom is 0.191 e. The van der Waals surface area contributed by atoms with Crippen LogP contribution in [0.1, 0.15) is 25.0 Å². The van der Waals surface area contributed by atoms with Crippen molar-refractivity contribution in [2.75, 3.05) is 0 Å². The van der Waals surface area contributed by atoms with Gasteiger partial charge >= 0.3 is 0 Å². The molecule has 5 heteroatoms. The fourth-order valence-electron chi connectivity index (χ4n) is 4.62. The molecule has 2 saturated heterocycles. The molecule has 3 fully saturated rings. The molecule has 1 aliphatic carbocycles. The van der Waals surface area contributed by atoms with Crippen LogP contribution >= 0.6 is 0 Å². The Balaban J connectivity index is 1.42. The SMILES string of the molecule is C=C[C@]12O[C@@H]3OC(C)(C)O[C@@H]3[C@@]1(OCc1ccccc1)C2OCc1ccccc1. The molecule has 0 radical (unpaired) electrons. The molecule has 5 atom stereocenters. The van der Waals surface area contributed by atoms with Crippen LogP contribution in [-0.2, 0) is 36.9 Å². The van der Waals surface area contributed by atoms with Gasteiger partial charge in [-0.3, -0.25) is 0 Å². The van der Waals surface area contributed by atoms with Crippen LogP contribution in [0.15, 0.2) is 73.3 Å². The number of hydrogen-bond donors (Lipinski definition) is 0.